The number of rotatable bonds is 3. The normalized spacial score (nSPS) is 25.6. The summed E-state index contributed by atoms with van der Waals surface area (Å²) in [7, 11) is 0. The molecule has 2 aliphatic rings. The lowest BCUT2D eigenvalue weighted by molar-refractivity contribution is -0.108. The van der Waals surface area contributed by atoms with E-state index in [2.05, 4.69) is 0 Å². The van der Waals surface area contributed by atoms with Crippen molar-refractivity contribution in [2.24, 2.45) is 5.73 Å². The van der Waals surface area contributed by atoms with E-state index in [9.17, 15) is 0 Å². The topological polar surface area (TPSA) is 44.5 Å². The maximum absolute atomic E-state index is 6.12. The summed E-state index contributed by atoms with van der Waals surface area (Å²) in [5.74, 6) is 0.956. The van der Waals surface area contributed by atoms with Crippen molar-refractivity contribution in [2.75, 3.05) is 6.61 Å². The van der Waals surface area contributed by atoms with E-state index in [1.54, 1.807) is 0 Å². The molecule has 3 rings (SSSR count). The van der Waals surface area contributed by atoms with Crippen molar-refractivity contribution in [1.29, 1.82) is 0 Å². The fraction of sp³-hybridized carbons (Fsp3) is 0.625. The van der Waals surface area contributed by atoms with Gasteiger partial charge in [0.05, 0.1) is 12.2 Å². The molecule has 1 atom stereocenters. The summed E-state index contributed by atoms with van der Waals surface area (Å²) >= 11 is 0. The molecule has 0 radical (unpaired) electrons. The van der Waals surface area contributed by atoms with Crippen LogP contribution in [0, 0.1) is 0 Å². The lowest BCUT2D eigenvalue weighted by Gasteiger charge is -2.38. The third-order valence-electron chi connectivity index (χ3n) is 4.42. The molecular formula is C16H23NO2. The molecule has 1 saturated heterocycles. The molecule has 2 fully saturated rings. The van der Waals surface area contributed by atoms with Crippen LogP contribution in [0.2, 0.25) is 0 Å². The standard InChI is InChI=1S/C16H23NO2/c17-12-13-3-5-14(6-4-13)19-15-7-10-18-16(11-15)8-1-2-9-16/h3-6,15H,1-2,7-12,17H2. The molecule has 3 heteroatoms. The first kappa shape index (κ1) is 12.9. The molecule has 1 aliphatic heterocycles. The molecule has 1 saturated carbocycles. The number of hydrogen-bond acceptors (Lipinski definition) is 3. The largest absolute Gasteiger partial charge is 0.490 e. The molecule has 0 bridgehead atoms. The van der Waals surface area contributed by atoms with Gasteiger partial charge in [0, 0.05) is 19.4 Å². The van der Waals surface area contributed by atoms with Crippen LogP contribution in [0.5, 0.6) is 5.75 Å². The van der Waals surface area contributed by atoms with Crippen molar-refractivity contribution < 1.29 is 9.47 Å². The van der Waals surface area contributed by atoms with Crippen molar-refractivity contribution in [3.8, 4) is 5.75 Å². The quantitative estimate of drug-likeness (QED) is 0.909. The highest BCUT2D eigenvalue weighted by Gasteiger charge is 2.40. The molecule has 1 unspecified atom stereocenters. The lowest BCUT2D eigenvalue weighted by Crippen LogP contribution is -2.41. The van der Waals surface area contributed by atoms with E-state index < -0.39 is 0 Å². The highest BCUT2D eigenvalue weighted by molar-refractivity contribution is 5.27. The second kappa shape index (κ2) is 5.51. The van der Waals surface area contributed by atoms with Gasteiger partial charge < -0.3 is 15.2 Å². The number of ether oxygens (including phenoxy) is 2. The maximum Gasteiger partial charge on any atom is 0.119 e. The first-order valence-corrected chi connectivity index (χ1v) is 7.39. The van der Waals surface area contributed by atoms with Crippen LogP contribution >= 0.6 is 0 Å². The van der Waals surface area contributed by atoms with Gasteiger partial charge in [0.2, 0.25) is 0 Å². The molecule has 2 N–H and O–H groups in total. The summed E-state index contributed by atoms with van der Waals surface area (Å²) in [6, 6.07) is 8.14. The Kier molecular flexibility index (Phi) is 3.76. The zero-order valence-corrected chi connectivity index (χ0v) is 11.4. The van der Waals surface area contributed by atoms with Gasteiger partial charge in [-0.05, 0) is 30.5 Å². The van der Waals surface area contributed by atoms with Crippen LogP contribution in [-0.4, -0.2) is 18.3 Å². The van der Waals surface area contributed by atoms with Gasteiger partial charge in [-0.3, -0.25) is 0 Å². The Hall–Kier alpha value is -1.06. The lowest BCUT2D eigenvalue weighted by atomic mass is 9.90. The van der Waals surface area contributed by atoms with E-state index >= 15 is 0 Å². The van der Waals surface area contributed by atoms with E-state index in [4.69, 9.17) is 15.2 Å². The van der Waals surface area contributed by atoms with E-state index in [0.29, 0.717) is 12.6 Å². The van der Waals surface area contributed by atoms with Gasteiger partial charge in [-0.2, -0.15) is 0 Å². The summed E-state index contributed by atoms with van der Waals surface area (Å²) in [4.78, 5) is 0. The van der Waals surface area contributed by atoms with Gasteiger partial charge in [0.25, 0.3) is 0 Å². The fourth-order valence-electron chi connectivity index (χ4n) is 3.35. The van der Waals surface area contributed by atoms with Gasteiger partial charge in [-0.1, -0.05) is 25.0 Å². The molecule has 19 heavy (non-hydrogen) atoms. The monoisotopic (exact) mass is 261 g/mol. The van der Waals surface area contributed by atoms with Crippen LogP contribution in [0.3, 0.4) is 0 Å². The minimum Gasteiger partial charge on any atom is -0.490 e. The van der Waals surface area contributed by atoms with Crippen molar-refractivity contribution >= 4 is 0 Å². The Balaban J connectivity index is 1.62. The third kappa shape index (κ3) is 2.93. The average molecular weight is 261 g/mol. The van der Waals surface area contributed by atoms with Crippen molar-refractivity contribution in [3.63, 3.8) is 0 Å². The molecule has 3 nitrogen and oxygen atoms in total. The van der Waals surface area contributed by atoms with E-state index in [1.807, 2.05) is 24.3 Å². The summed E-state index contributed by atoms with van der Waals surface area (Å²) in [5, 5.41) is 0. The molecular weight excluding hydrogens is 238 g/mol. The second-order valence-corrected chi connectivity index (χ2v) is 5.82. The SMILES string of the molecule is NCc1ccc(OC2CCOC3(CCCC3)C2)cc1. The van der Waals surface area contributed by atoms with Crippen LogP contribution < -0.4 is 10.5 Å². The van der Waals surface area contributed by atoms with Crippen LogP contribution in [0.1, 0.15) is 44.1 Å². The Morgan fingerprint density at radius 3 is 2.63 bits per heavy atom. The van der Waals surface area contributed by atoms with Gasteiger partial charge in [0.1, 0.15) is 11.9 Å². The Bertz CT molecular complexity index is 409. The first-order chi connectivity index (χ1) is 9.30. The summed E-state index contributed by atoms with van der Waals surface area (Å²) in [6.07, 6.45) is 7.37. The van der Waals surface area contributed by atoms with Crippen LogP contribution in [0.15, 0.2) is 24.3 Å². The van der Waals surface area contributed by atoms with Crippen LogP contribution in [0.4, 0.5) is 0 Å². The predicted octanol–water partition coefficient (Wildman–Crippen LogP) is 3.02. The van der Waals surface area contributed by atoms with E-state index in [-0.39, 0.29) is 5.60 Å². The molecule has 1 aromatic carbocycles. The van der Waals surface area contributed by atoms with Gasteiger partial charge >= 0.3 is 0 Å². The molecule has 1 aromatic rings. The number of nitrogens with two attached hydrogens (primary N) is 1. The predicted molar refractivity (Wildman–Crippen MR) is 75.1 cm³/mol. The Morgan fingerprint density at radius 1 is 1.21 bits per heavy atom. The zero-order valence-electron chi connectivity index (χ0n) is 11.4. The molecule has 104 valence electrons. The fourth-order valence-corrected chi connectivity index (χ4v) is 3.35. The third-order valence-corrected chi connectivity index (χ3v) is 4.42. The highest BCUT2D eigenvalue weighted by Crippen LogP contribution is 2.40. The molecule has 0 amide bonds. The van der Waals surface area contributed by atoms with E-state index in [1.165, 1.54) is 25.7 Å². The molecule has 0 aromatic heterocycles. The van der Waals surface area contributed by atoms with Crippen LogP contribution in [-0.2, 0) is 11.3 Å². The molecule has 1 heterocycles. The molecule has 1 spiro atoms. The zero-order chi connectivity index (χ0) is 13.1. The van der Waals surface area contributed by atoms with Crippen molar-refractivity contribution in [1.82, 2.24) is 0 Å². The summed E-state index contributed by atoms with van der Waals surface area (Å²) in [6.45, 7) is 1.42. The van der Waals surface area contributed by atoms with Gasteiger partial charge in [-0.15, -0.1) is 0 Å². The second-order valence-electron chi connectivity index (χ2n) is 5.82. The van der Waals surface area contributed by atoms with Gasteiger partial charge in [0.15, 0.2) is 0 Å². The first-order valence-electron chi connectivity index (χ1n) is 7.39. The smallest absolute Gasteiger partial charge is 0.119 e. The molecule has 1 aliphatic carbocycles. The van der Waals surface area contributed by atoms with Gasteiger partial charge in [-0.25, -0.2) is 0 Å². The number of hydrogen-bond donors (Lipinski definition) is 1. The summed E-state index contributed by atoms with van der Waals surface area (Å²) < 4.78 is 12.2. The maximum atomic E-state index is 6.12. The summed E-state index contributed by atoms with van der Waals surface area (Å²) in [5.41, 5.74) is 6.88. The van der Waals surface area contributed by atoms with Crippen molar-refractivity contribution in [2.45, 2.75) is 56.8 Å². The van der Waals surface area contributed by atoms with Crippen LogP contribution in [0.25, 0.3) is 0 Å². The van der Waals surface area contributed by atoms with Crippen molar-refractivity contribution in [3.05, 3.63) is 29.8 Å². The highest BCUT2D eigenvalue weighted by atomic mass is 16.5. The number of benzene rings is 1. The average Bonchev–Trinajstić information content (AvgIpc) is 2.88. The van der Waals surface area contributed by atoms with E-state index in [0.717, 1.165) is 30.8 Å². The minimum absolute atomic E-state index is 0.125. The minimum atomic E-state index is 0.125. The Labute approximate surface area is 115 Å². The Morgan fingerprint density at radius 2 is 1.95 bits per heavy atom.